The summed E-state index contributed by atoms with van der Waals surface area (Å²) in [6.07, 6.45) is 3.37. The third kappa shape index (κ3) is 4.29. The second-order valence-electron chi connectivity index (χ2n) is 4.90. The second-order valence-corrected chi connectivity index (χ2v) is 5.69. The van der Waals surface area contributed by atoms with Crippen LogP contribution in [0.15, 0.2) is 4.47 Å². The smallest absolute Gasteiger partial charge is 0.0738 e. The number of methoxy groups -OCH3 is 1. The van der Waals surface area contributed by atoms with Crippen molar-refractivity contribution in [3.63, 3.8) is 0 Å². The second kappa shape index (κ2) is 8.02. The molecule has 0 aliphatic heterocycles. The van der Waals surface area contributed by atoms with Gasteiger partial charge in [0.25, 0.3) is 0 Å². The zero-order valence-electron chi connectivity index (χ0n) is 12.7. The van der Waals surface area contributed by atoms with E-state index in [0.29, 0.717) is 6.04 Å². The zero-order valence-corrected chi connectivity index (χ0v) is 14.2. The number of likely N-dealkylation sites (N-methyl/N-ethyl adjacent to an activating group) is 1. The lowest BCUT2D eigenvalue weighted by Gasteiger charge is -2.26. The van der Waals surface area contributed by atoms with Gasteiger partial charge in [-0.25, -0.2) is 0 Å². The molecule has 1 heterocycles. The highest BCUT2D eigenvalue weighted by molar-refractivity contribution is 9.10. The van der Waals surface area contributed by atoms with Crippen molar-refractivity contribution in [2.75, 3.05) is 13.7 Å². The normalized spacial score (nSPS) is 14.6. The molecular weight excluding hydrogens is 306 g/mol. The van der Waals surface area contributed by atoms with Crippen molar-refractivity contribution in [1.82, 2.24) is 15.1 Å². The first-order valence-electron chi connectivity index (χ1n) is 6.99. The number of aryl methyl sites for hydroxylation is 2. The molecule has 0 aromatic carbocycles. The van der Waals surface area contributed by atoms with E-state index in [2.05, 4.69) is 40.2 Å². The summed E-state index contributed by atoms with van der Waals surface area (Å²) in [6, 6.07) is 0.320. The minimum atomic E-state index is 0.243. The maximum atomic E-state index is 5.66. The summed E-state index contributed by atoms with van der Waals surface area (Å²) in [5.41, 5.74) is 2.26. The zero-order chi connectivity index (χ0) is 14.4. The number of rotatable bonds is 8. The predicted molar refractivity (Wildman–Crippen MR) is 82.5 cm³/mol. The van der Waals surface area contributed by atoms with Gasteiger partial charge in [0.15, 0.2) is 0 Å². The molecule has 1 aromatic heterocycles. The highest BCUT2D eigenvalue weighted by atomic mass is 79.9. The SMILES string of the molecule is CCCC(OC)C(Cc1c(Br)c(C)nn1C)NCC. The molecule has 0 aliphatic carbocycles. The number of ether oxygens (including phenoxy) is 1. The van der Waals surface area contributed by atoms with Crippen LogP contribution in [0, 0.1) is 6.92 Å². The van der Waals surface area contributed by atoms with Crippen molar-refractivity contribution < 1.29 is 4.74 Å². The number of halogens is 1. The Bertz CT molecular complexity index is 392. The van der Waals surface area contributed by atoms with E-state index in [1.165, 1.54) is 5.69 Å². The van der Waals surface area contributed by atoms with Gasteiger partial charge in [-0.3, -0.25) is 4.68 Å². The molecule has 1 rings (SSSR count). The first kappa shape index (κ1) is 16.7. The molecule has 1 N–H and O–H groups in total. The molecule has 0 saturated heterocycles. The highest BCUT2D eigenvalue weighted by Crippen LogP contribution is 2.23. The van der Waals surface area contributed by atoms with Gasteiger partial charge in [-0.1, -0.05) is 20.3 Å². The van der Waals surface area contributed by atoms with Crippen LogP contribution >= 0.6 is 15.9 Å². The lowest BCUT2D eigenvalue weighted by Crippen LogP contribution is -2.43. The van der Waals surface area contributed by atoms with Crippen LogP contribution in [-0.2, 0) is 18.2 Å². The molecule has 1 aromatic rings. The summed E-state index contributed by atoms with van der Waals surface area (Å²) in [5, 5.41) is 8.00. The van der Waals surface area contributed by atoms with Crippen LogP contribution in [0.25, 0.3) is 0 Å². The average molecular weight is 332 g/mol. The van der Waals surface area contributed by atoms with Gasteiger partial charge in [-0.15, -0.1) is 0 Å². The van der Waals surface area contributed by atoms with Gasteiger partial charge in [-0.05, 0) is 35.8 Å². The summed E-state index contributed by atoms with van der Waals surface area (Å²) in [5.74, 6) is 0. The molecule has 2 unspecified atom stereocenters. The minimum absolute atomic E-state index is 0.243. The maximum Gasteiger partial charge on any atom is 0.0738 e. The Labute approximate surface area is 125 Å². The molecule has 0 spiro atoms. The standard InChI is InChI=1S/C14H26BrN3O/c1-6-8-13(19-5)11(16-7-2)9-12-14(15)10(3)17-18(12)4/h11,13,16H,6-9H2,1-5H3. The van der Waals surface area contributed by atoms with Gasteiger partial charge in [0.1, 0.15) is 0 Å². The van der Waals surface area contributed by atoms with Crippen LogP contribution in [-0.4, -0.2) is 35.6 Å². The lowest BCUT2D eigenvalue weighted by molar-refractivity contribution is 0.0608. The Morgan fingerprint density at radius 1 is 1.42 bits per heavy atom. The van der Waals surface area contributed by atoms with Crippen LogP contribution in [0.3, 0.4) is 0 Å². The van der Waals surface area contributed by atoms with E-state index < -0.39 is 0 Å². The number of hydrogen-bond acceptors (Lipinski definition) is 3. The fourth-order valence-corrected chi connectivity index (χ4v) is 2.97. The van der Waals surface area contributed by atoms with Crippen molar-refractivity contribution in [1.29, 1.82) is 0 Å². The molecule has 4 nitrogen and oxygen atoms in total. The largest absolute Gasteiger partial charge is 0.380 e. The van der Waals surface area contributed by atoms with Crippen LogP contribution in [0.4, 0.5) is 0 Å². The number of aromatic nitrogens is 2. The van der Waals surface area contributed by atoms with Crippen molar-refractivity contribution in [2.45, 2.75) is 52.2 Å². The Balaban J connectivity index is 2.88. The Hall–Kier alpha value is -0.390. The van der Waals surface area contributed by atoms with E-state index in [0.717, 1.165) is 36.0 Å². The fourth-order valence-electron chi connectivity index (χ4n) is 2.48. The van der Waals surface area contributed by atoms with Gasteiger partial charge in [0, 0.05) is 26.6 Å². The van der Waals surface area contributed by atoms with Crippen molar-refractivity contribution >= 4 is 15.9 Å². The summed E-state index contributed by atoms with van der Waals surface area (Å²) in [7, 11) is 3.80. The topological polar surface area (TPSA) is 39.1 Å². The molecule has 0 fully saturated rings. The van der Waals surface area contributed by atoms with Crippen molar-refractivity contribution in [3.8, 4) is 0 Å². The average Bonchev–Trinajstić information content (AvgIpc) is 2.62. The molecule has 110 valence electrons. The van der Waals surface area contributed by atoms with Gasteiger partial charge < -0.3 is 10.1 Å². The number of hydrogen-bond donors (Lipinski definition) is 1. The number of nitrogens with zero attached hydrogens (tertiary/aromatic N) is 2. The highest BCUT2D eigenvalue weighted by Gasteiger charge is 2.23. The molecule has 0 saturated carbocycles. The third-order valence-electron chi connectivity index (χ3n) is 3.47. The van der Waals surface area contributed by atoms with E-state index in [4.69, 9.17) is 4.74 Å². The van der Waals surface area contributed by atoms with Gasteiger partial charge >= 0.3 is 0 Å². The molecule has 0 amide bonds. The molecule has 2 atom stereocenters. The molecule has 0 aliphatic rings. The lowest BCUT2D eigenvalue weighted by atomic mass is 10.0. The molecule has 19 heavy (non-hydrogen) atoms. The predicted octanol–water partition coefficient (Wildman–Crippen LogP) is 2.83. The van der Waals surface area contributed by atoms with E-state index in [1.807, 2.05) is 18.7 Å². The van der Waals surface area contributed by atoms with E-state index in [9.17, 15) is 0 Å². The summed E-state index contributed by atoms with van der Waals surface area (Å²) in [6.45, 7) is 7.30. The summed E-state index contributed by atoms with van der Waals surface area (Å²) >= 11 is 3.64. The molecule has 5 heteroatoms. The monoisotopic (exact) mass is 331 g/mol. The van der Waals surface area contributed by atoms with Gasteiger partial charge in [0.05, 0.1) is 22.0 Å². The van der Waals surface area contributed by atoms with E-state index in [-0.39, 0.29) is 6.10 Å². The third-order valence-corrected chi connectivity index (χ3v) is 4.50. The van der Waals surface area contributed by atoms with Crippen LogP contribution < -0.4 is 5.32 Å². The molecule has 0 radical (unpaired) electrons. The number of nitrogens with one attached hydrogen (secondary N) is 1. The van der Waals surface area contributed by atoms with Crippen molar-refractivity contribution in [3.05, 3.63) is 15.9 Å². The fraction of sp³-hybridized carbons (Fsp3) is 0.786. The molecule has 0 bridgehead atoms. The summed E-state index contributed by atoms with van der Waals surface area (Å²) < 4.78 is 8.73. The van der Waals surface area contributed by atoms with Crippen molar-refractivity contribution in [2.24, 2.45) is 7.05 Å². The van der Waals surface area contributed by atoms with Gasteiger partial charge in [-0.2, -0.15) is 5.10 Å². The molecular formula is C14H26BrN3O. The maximum absolute atomic E-state index is 5.66. The van der Waals surface area contributed by atoms with Crippen LogP contribution in [0.5, 0.6) is 0 Å². The van der Waals surface area contributed by atoms with E-state index in [1.54, 1.807) is 7.11 Å². The Kier molecular flexibility index (Phi) is 7.04. The van der Waals surface area contributed by atoms with Crippen LogP contribution in [0.2, 0.25) is 0 Å². The minimum Gasteiger partial charge on any atom is -0.380 e. The van der Waals surface area contributed by atoms with Gasteiger partial charge in [0.2, 0.25) is 0 Å². The Morgan fingerprint density at radius 2 is 2.11 bits per heavy atom. The van der Waals surface area contributed by atoms with Crippen LogP contribution in [0.1, 0.15) is 38.1 Å². The quantitative estimate of drug-likeness (QED) is 0.796. The first-order valence-corrected chi connectivity index (χ1v) is 7.78. The first-order chi connectivity index (χ1) is 9.04. The van der Waals surface area contributed by atoms with E-state index >= 15 is 0 Å². The summed E-state index contributed by atoms with van der Waals surface area (Å²) in [4.78, 5) is 0. The Morgan fingerprint density at radius 3 is 2.53 bits per heavy atom.